The number of aromatic nitrogens is 1. The molecule has 0 saturated carbocycles. The molecule has 100 valence electrons. The van der Waals surface area contributed by atoms with Crippen LogP contribution in [0.3, 0.4) is 0 Å². The number of primary amides is 1. The van der Waals surface area contributed by atoms with Crippen molar-refractivity contribution in [1.29, 1.82) is 0 Å². The van der Waals surface area contributed by atoms with Crippen molar-refractivity contribution in [2.45, 2.75) is 0 Å². The lowest BCUT2D eigenvalue weighted by Crippen LogP contribution is -2.20. The van der Waals surface area contributed by atoms with Crippen LogP contribution in [0.4, 0.5) is 11.4 Å². The quantitative estimate of drug-likeness (QED) is 0.525. The fourth-order valence-electron chi connectivity index (χ4n) is 1.75. The van der Waals surface area contributed by atoms with Crippen LogP contribution < -0.4 is 16.8 Å². The minimum absolute atomic E-state index is 0.0602. The lowest BCUT2D eigenvalue weighted by Gasteiger charge is -2.09. The fraction of sp³-hybridized carbons (Fsp3) is 0.231. The molecule has 19 heavy (non-hydrogen) atoms. The van der Waals surface area contributed by atoms with E-state index in [0.29, 0.717) is 18.8 Å². The number of carbonyl (C=O) groups excluding carboxylic acids is 1. The monoisotopic (exact) mass is 260 g/mol. The van der Waals surface area contributed by atoms with Crippen molar-refractivity contribution >= 4 is 28.2 Å². The summed E-state index contributed by atoms with van der Waals surface area (Å²) in [5.74, 6) is -0.468. The molecule has 0 fully saturated rings. The SMILES string of the molecule is NC(=O)COCCNc1ccnc2cc(N)ccc12. The van der Waals surface area contributed by atoms with Gasteiger partial charge in [-0.25, -0.2) is 0 Å². The molecule has 0 aliphatic heterocycles. The Morgan fingerprint density at radius 2 is 2.21 bits per heavy atom. The Balaban J connectivity index is 1.99. The molecule has 6 heteroatoms. The van der Waals surface area contributed by atoms with E-state index in [-0.39, 0.29) is 6.61 Å². The van der Waals surface area contributed by atoms with Gasteiger partial charge in [0.25, 0.3) is 0 Å². The van der Waals surface area contributed by atoms with Crippen LogP contribution in [0.1, 0.15) is 0 Å². The summed E-state index contributed by atoms with van der Waals surface area (Å²) in [6, 6.07) is 7.46. The lowest BCUT2D eigenvalue weighted by atomic mass is 10.1. The molecule has 2 aromatic rings. The van der Waals surface area contributed by atoms with Gasteiger partial charge in [0.15, 0.2) is 0 Å². The molecule has 0 spiro atoms. The van der Waals surface area contributed by atoms with Crippen molar-refractivity contribution < 1.29 is 9.53 Å². The van der Waals surface area contributed by atoms with Gasteiger partial charge >= 0.3 is 0 Å². The smallest absolute Gasteiger partial charge is 0.243 e. The van der Waals surface area contributed by atoms with Gasteiger partial charge in [-0.3, -0.25) is 9.78 Å². The largest absolute Gasteiger partial charge is 0.399 e. The minimum Gasteiger partial charge on any atom is -0.399 e. The van der Waals surface area contributed by atoms with Crippen LogP contribution in [0.15, 0.2) is 30.5 Å². The lowest BCUT2D eigenvalue weighted by molar-refractivity contribution is -0.122. The van der Waals surface area contributed by atoms with Gasteiger partial charge in [-0.15, -0.1) is 0 Å². The van der Waals surface area contributed by atoms with E-state index in [9.17, 15) is 4.79 Å². The zero-order valence-corrected chi connectivity index (χ0v) is 10.4. The summed E-state index contributed by atoms with van der Waals surface area (Å²) in [6.07, 6.45) is 1.72. The van der Waals surface area contributed by atoms with Crippen LogP contribution in [-0.4, -0.2) is 30.6 Å². The maximum Gasteiger partial charge on any atom is 0.243 e. The second-order valence-corrected chi connectivity index (χ2v) is 4.08. The highest BCUT2D eigenvalue weighted by molar-refractivity contribution is 5.92. The van der Waals surface area contributed by atoms with E-state index in [1.165, 1.54) is 0 Å². The first-order valence-corrected chi connectivity index (χ1v) is 5.91. The first kappa shape index (κ1) is 13.1. The van der Waals surface area contributed by atoms with E-state index in [1.54, 1.807) is 6.20 Å². The molecule has 1 heterocycles. The standard InChI is InChI=1S/C13H16N4O2/c14-9-1-2-10-11(3-4-16-12(10)7-9)17-5-6-19-8-13(15)18/h1-4,7H,5-6,8,14H2,(H2,15,18)(H,16,17). The number of amides is 1. The molecule has 0 radical (unpaired) electrons. The summed E-state index contributed by atoms with van der Waals surface area (Å²) in [6.45, 7) is 0.924. The predicted molar refractivity (Wildman–Crippen MR) is 74.7 cm³/mol. The van der Waals surface area contributed by atoms with Gasteiger partial charge in [0.1, 0.15) is 6.61 Å². The predicted octanol–water partition coefficient (Wildman–Crippen LogP) is 0.731. The van der Waals surface area contributed by atoms with E-state index in [4.69, 9.17) is 16.2 Å². The van der Waals surface area contributed by atoms with Crippen molar-refractivity contribution in [3.8, 4) is 0 Å². The number of nitrogens with one attached hydrogen (secondary N) is 1. The van der Waals surface area contributed by atoms with Crippen molar-refractivity contribution in [2.75, 3.05) is 30.8 Å². The number of pyridine rings is 1. The number of carbonyl (C=O) groups is 1. The number of hydrogen-bond acceptors (Lipinski definition) is 5. The van der Waals surface area contributed by atoms with Gasteiger partial charge in [0.2, 0.25) is 5.91 Å². The van der Waals surface area contributed by atoms with Gasteiger partial charge in [-0.1, -0.05) is 0 Å². The number of fused-ring (bicyclic) bond motifs is 1. The maximum atomic E-state index is 10.5. The van der Waals surface area contributed by atoms with E-state index in [1.807, 2.05) is 24.3 Å². The molecule has 0 aliphatic carbocycles. The number of ether oxygens (including phenoxy) is 1. The molecule has 1 amide bonds. The molecular weight excluding hydrogens is 244 g/mol. The molecule has 1 aromatic carbocycles. The maximum absolute atomic E-state index is 10.5. The Labute approximate surface area is 110 Å². The van der Waals surface area contributed by atoms with Gasteiger partial charge in [0.05, 0.1) is 12.1 Å². The molecule has 0 bridgehead atoms. The average molecular weight is 260 g/mol. The van der Waals surface area contributed by atoms with Crippen LogP contribution in [0, 0.1) is 0 Å². The molecule has 0 saturated heterocycles. The van der Waals surface area contributed by atoms with Crippen LogP contribution >= 0.6 is 0 Å². The Morgan fingerprint density at radius 3 is 3.00 bits per heavy atom. The van der Waals surface area contributed by atoms with E-state index < -0.39 is 5.91 Å². The van der Waals surface area contributed by atoms with Crippen LogP contribution in [0.25, 0.3) is 10.9 Å². The van der Waals surface area contributed by atoms with Crippen LogP contribution in [0.2, 0.25) is 0 Å². The summed E-state index contributed by atoms with van der Waals surface area (Å²) >= 11 is 0. The summed E-state index contributed by atoms with van der Waals surface area (Å²) in [4.78, 5) is 14.8. The summed E-state index contributed by atoms with van der Waals surface area (Å²) in [5, 5.41) is 4.22. The number of anilines is 2. The molecule has 6 nitrogen and oxygen atoms in total. The van der Waals surface area contributed by atoms with E-state index in [0.717, 1.165) is 16.6 Å². The Kier molecular flexibility index (Phi) is 4.15. The van der Waals surface area contributed by atoms with Crippen molar-refractivity contribution in [3.05, 3.63) is 30.5 Å². The second kappa shape index (κ2) is 6.01. The second-order valence-electron chi connectivity index (χ2n) is 4.08. The van der Waals surface area contributed by atoms with E-state index >= 15 is 0 Å². The third kappa shape index (κ3) is 3.56. The van der Waals surface area contributed by atoms with Gasteiger partial charge < -0.3 is 21.5 Å². The summed E-state index contributed by atoms with van der Waals surface area (Å²) < 4.78 is 5.08. The third-order valence-electron chi connectivity index (χ3n) is 2.57. The summed E-state index contributed by atoms with van der Waals surface area (Å²) in [7, 11) is 0. The highest BCUT2D eigenvalue weighted by Crippen LogP contribution is 2.22. The molecule has 2 rings (SSSR count). The Hall–Kier alpha value is -2.34. The van der Waals surface area contributed by atoms with Gasteiger partial charge in [-0.05, 0) is 24.3 Å². The first-order chi connectivity index (χ1) is 9.16. The number of nitrogen functional groups attached to an aromatic ring is 1. The number of rotatable bonds is 6. The summed E-state index contributed by atoms with van der Waals surface area (Å²) in [5.41, 5.74) is 13.2. The number of nitrogens with two attached hydrogens (primary N) is 2. The highest BCUT2D eigenvalue weighted by atomic mass is 16.5. The van der Waals surface area contributed by atoms with Gasteiger partial charge in [0, 0.05) is 29.5 Å². The normalized spacial score (nSPS) is 10.5. The van der Waals surface area contributed by atoms with Crippen LogP contribution in [-0.2, 0) is 9.53 Å². The fourth-order valence-corrected chi connectivity index (χ4v) is 1.75. The zero-order chi connectivity index (χ0) is 13.7. The highest BCUT2D eigenvalue weighted by Gasteiger charge is 2.02. The molecule has 5 N–H and O–H groups in total. The van der Waals surface area contributed by atoms with Crippen molar-refractivity contribution in [1.82, 2.24) is 4.98 Å². The Morgan fingerprint density at radius 1 is 1.37 bits per heavy atom. The molecule has 0 unspecified atom stereocenters. The molecular formula is C13H16N4O2. The van der Waals surface area contributed by atoms with E-state index in [2.05, 4.69) is 10.3 Å². The molecule has 0 aliphatic rings. The third-order valence-corrected chi connectivity index (χ3v) is 2.57. The minimum atomic E-state index is -0.468. The van der Waals surface area contributed by atoms with Crippen molar-refractivity contribution in [3.63, 3.8) is 0 Å². The zero-order valence-electron chi connectivity index (χ0n) is 10.4. The van der Waals surface area contributed by atoms with Crippen LogP contribution in [0.5, 0.6) is 0 Å². The number of benzene rings is 1. The number of hydrogen-bond donors (Lipinski definition) is 3. The molecule has 0 atom stereocenters. The average Bonchev–Trinajstić information content (AvgIpc) is 2.37. The number of nitrogens with zero attached hydrogens (tertiary/aromatic N) is 1. The Bertz CT molecular complexity index is 586. The van der Waals surface area contributed by atoms with Crippen molar-refractivity contribution in [2.24, 2.45) is 5.73 Å². The first-order valence-electron chi connectivity index (χ1n) is 5.91. The van der Waals surface area contributed by atoms with Gasteiger partial charge in [-0.2, -0.15) is 0 Å². The molecule has 1 aromatic heterocycles. The topological polar surface area (TPSA) is 103 Å².